The first-order valence-corrected chi connectivity index (χ1v) is 6.74. The van der Waals surface area contributed by atoms with Crippen LogP contribution in [0.15, 0.2) is 48.5 Å². The van der Waals surface area contributed by atoms with Crippen LogP contribution in [-0.2, 0) is 0 Å². The van der Waals surface area contributed by atoms with Crippen molar-refractivity contribution in [3.05, 3.63) is 65.5 Å². The van der Waals surface area contributed by atoms with Crippen molar-refractivity contribution < 1.29 is 4.39 Å². The van der Waals surface area contributed by atoms with Gasteiger partial charge in [0, 0.05) is 11.6 Å². The lowest BCUT2D eigenvalue weighted by Gasteiger charge is -2.07. The van der Waals surface area contributed by atoms with Gasteiger partial charge in [-0.15, -0.1) is 0 Å². The zero-order valence-corrected chi connectivity index (χ0v) is 12.0. The minimum Gasteiger partial charge on any atom is -0.384 e. The Balaban J connectivity index is 2.10. The quantitative estimate of drug-likeness (QED) is 0.774. The summed E-state index contributed by atoms with van der Waals surface area (Å²) in [6, 6.07) is 14.5. The van der Waals surface area contributed by atoms with Gasteiger partial charge in [0.2, 0.25) is 0 Å². The minimum absolute atomic E-state index is 0.263. The van der Waals surface area contributed by atoms with Gasteiger partial charge < -0.3 is 5.73 Å². The Labute approximate surface area is 122 Å². The maximum absolute atomic E-state index is 13.2. The molecule has 0 amide bonds. The van der Waals surface area contributed by atoms with Crippen LogP contribution in [0.4, 0.5) is 10.2 Å². The predicted octanol–water partition coefficient (Wildman–Crippen LogP) is 3.88. The summed E-state index contributed by atoms with van der Waals surface area (Å²) in [6.07, 6.45) is 0. The van der Waals surface area contributed by atoms with E-state index in [4.69, 9.17) is 5.73 Å². The number of halogens is 1. The molecular formula is C17H16FN3. The third kappa shape index (κ3) is 2.52. The molecule has 4 heteroatoms. The lowest BCUT2D eigenvalue weighted by molar-refractivity contribution is 0.625. The Morgan fingerprint density at radius 1 is 1.05 bits per heavy atom. The van der Waals surface area contributed by atoms with Gasteiger partial charge in [0.05, 0.1) is 11.4 Å². The van der Waals surface area contributed by atoms with Crippen molar-refractivity contribution in [3.63, 3.8) is 0 Å². The summed E-state index contributed by atoms with van der Waals surface area (Å²) < 4.78 is 14.9. The largest absolute Gasteiger partial charge is 0.384 e. The molecule has 106 valence electrons. The van der Waals surface area contributed by atoms with E-state index in [1.807, 2.05) is 38.1 Å². The van der Waals surface area contributed by atoms with Crippen molar-refractivity contribution >= 4 is 5.82 Å². The molecule has 3 nitrogen and oxygen atoms in total. The van der Waals surface area contributed by atoms with Crippen molar-refractivity contribution in [2.45, 2.75) is 13.8 Å². The first-order valence-electron chi connectivity index (χ1n) is 6.74. The molecule has 1 heterocycles. The van der Waals surface area contributed by atoms with Crippen LogP contribution in [0.5, 0.6) is 0 Å². The highest BCUT2D eigenvalue weighted by molar-refractivity contribution is 5.64. The summed E-state index contributed by atoms with van der Waals surface area (Å²) in [5, 5.41) is 4.55. The van der Waals surface area contributed by atoms with E-state index >= 15 is 0 Å². The molecule has 0 saturated carbocycles. The lowest BCUT2D eigenvalue weighted by atomic mass is 10.1. The molecule has 0 aliphatic heterocycles. The Kier molecular flexibility index (Phi) is 3.22. The molecule has 0 bridgehead atoms. The van der Waals surface area contributed by atoms with E-state index in [1.165, 1.54) is 17.7 Å². The van der Waals surface area contributed by atoms with Gasteiger partial charge in [-0.2, -0.15) is 5.10 Å². The first-order chi connectivity index (χ1) is 10.0. The van der Waals surface area contributed by atoms with Crippen LogP contribution >= 0.6 is 0 Å². The molecule has 3 rings (SSSR count). The molecular weight excluding hydrogens is 265 g/mol. The first kappa shape index (κ1) is 13.4. The van der Waals surface area contributed by atoms with Gasteiger partial charge in [-0.05, 0) is 43.7 Å². The van der Waals surface area contributed by atoms with E-state index in [-0.39, 0.29) is 5.82 Å². The molecule has 0 atom stereocenters. The Morgan fingerprint density at radius 2 is 1.86 bits per heavy atom. The van der Waals surface area contributed by atoms with E-state index < -0.39 is 0 Å². The van der Waals surface area contributed by atoms with E-state index in [2.05, 4.69) is 11.2 Å². The number of benzene rings is 2. The fourth-order valence-corrected chi connectivity index (χ4v) is 2.39. The summed E-state index contributed by atoms with van der Waals surface area (Å²) in [7, 11) is 0. The van der Waals surface area contributed by atoms with Crippen LogP contribution in [0.2, 0.25) is 0 Å². The highest BCUT2D eigenvalue weighted by atomic mass is 19.1. The van der Waals surface area contributed by atoms with E-state index in [9.17, 15) is 4.39 Å². The van der Waals surface area contributed by atoms with Gasteiger partial charge in [0.1, 0.15) is 11.6 Å². The van der Waals surface area contributed by atoms with Gasteiger partial charge in [0.25, 0.3) is 0 Å². The fraction of sp³-hybridized carbons (Fsp3) is 0.118. The number of aryl methyl sites for hydroxylation is 2. The second-order valence-corrected chi connectivity index (χ2v) is 5.17. The number of hydrogen-bond acceptors (Lipinski definition) is 2. The van der Waals surface area contributed by atoms with E-state index in [1.54, 1.807) is 10.7 Å². The number of nitrogen functional groups attached to an aromatic ring is 1. The average molecular weight is 281 g/mol. The zero-order valence-electron chi connectivity index (χ0n) is 12.0. The summed E-state index contributed by atoms with van der Waals surface area (Å²) in [5.74, 6) is 0.266. The summed E-state index contributed by atoms with van der Waals surface area (Å²) >= 11 is 0. The van der Waals surface area contributed by atoms with Crippen molar-refractivity contribution in [1.29, 1.82) is 0 Å². The molecule has 2 aromatic carbocycles. The van der Waals surface area contributed by atoms with Crippen LogP contribution in [0.1, 0.15) is 11.1 Å². The summed E-state index contributed by atoms with van der Waals surface area (Å²) in [5.41, 5.74) is 10.6. The third-order valence-electron chi connectivity index (χ3n) is 3.44. The maximum Gasteiger partial charge on any atom is 0.127 e. The van der Waals surface area contributed by atoms with Crippen LogP contribution in [0.25, 0.3) is 16.9 Å². The molecule has 2 N–H and O–H groups in total. The monoisotopic (exact) mass is 281 g/mol. The fourth-order valence-electron chi connectivity index (χ4n) is 2.39. The lowest BCUT2D eigenvalue weighted by Crippen LogP contribution is -2.03. The molecule has 0 fully saturated rings. The summed E-state index contributed by atoms with van der Waals surface area (Å²) in [4.78, 5) is 0. The predicted molar refractivity (Wildman–Crippen MR) is 82.8 cm³/mol. The Bertz CT molecular complexity index is 806. The number of nitrogens with zero attached hydrogens (tertiary/aromatic N) is 2. The van der Waals surface area contributed by atoms with Crippen molar-refractivity contribution in [2.75, 3.05) is 5.73 Å². The van der Waals surface area contributed by atoms with Gasteiger partial charge in [0.15, 0.2) is 0 Å². The second kappa shape index (κ2) is 5.05. The van der Waals surface area contributed by atoms with Gasteiger partial charge in [-0.3, -0.25) is 0 Å². The molecule has 0 spiro atoms. The molecule has 0 aliphatic carbocycles. The number of aromatic nitrogens is 2. The van der Waals surface area contributed by atoms with Gasteiger partial charge >= 0.3 is 0 Å². The molecule has 0 radical (unpaired) electrons. The van der Waals surface area contributed by atoms with E-state index in [0.29, 0.717) is 5.82 Å². The molecule has 21 heavy (non-hydrogen) atoms. The highest BCUT2D eigenvalue weighted by Crippen LogP contribution is 2.25. The zero-order chi connectivity index (χ0) is 15.0. The second-order valence-electron chi connectivity index (χ2n) is 5.17. The summed E-state index contributed by atoms with van der Waals surface area (Å²) in [6.45, 7) is 3.87. The smallest absolute Gasteiger partial charge is 0.127 e. The van der Waals surface area contributed by atoms with Crippen LogP contribution in [-0.4, -0.2) is 9.78 Å². The SMILES string of the molecule is Cc1cccc(-c2cc(N)n(-c3ccc(F)cc3C)n2)c1. The van der Waals surface area contributed by atoms with Crippen LogP contribution in [0.3, 0.4) is 0 Å². The third-order valence-corrected chi connectivity index (χ3v) is 3.44. The molecule has 3 aromatic rings. The molecule has 1 aromatic heterocycles. The van der Waals surface area contributed by atoms with Crippen LogP contribution < -0.4 is 5.73 Å². The average Bonchev–Trinajstić information content (AvgIpc) is 2.81. The molecule has 0 unspecified atom stereocenters. The topological polar surface area (TPSA) is 43.8 Å². The minimum atomic E-state index is -0.263. The molecule has 0 aliphatic rings. The number of hydrogen-bond donors (Lipinski definition) is 1. The number of anilines is 1. The van der Waals surface area contributed by atoms with Crippen LogP contribution in [0, 0.1) is 19.7 Å². The number of rotatable bonds is 2. The normalized spacial score (nSPS) is 10.8. The van der Waals surface area contributed by atoms with E-state index in [0.717, 1.165) is 22.5 Å². The standard InChI is InChI=1S/C17H16FN3/c1-11-4-3-5-13(8-11)15-10-17(19)21(20-15)16-7-6-14(18)9-12(16)2/h3-10H,19H2,1-2H3. The molecule has 0 saturated heterocycles. The van der Waals surface area contributed by atoms with Crippen molar-refractivity contribution in [3.8, 4) is 16.9 Å². The number of nitrogens with two attached hydrogens (primary N) is 1. The highest BCUT2D eigenvalue weighted by Gasteiger charge is 2.11. The van der Waals surface area contributed by atoms with Gasteiger partial charge in [-0.1, -0.05) is 23.8 Å². The van der Waals surface area contributed by atoms with Crippen molar-refractivity contribution in [1.82, 2.24) is 9.78 Å². The Morgan fingerprint density at radius 3 is 2.57 bits per heavy atom. The van der Waals surface area contributed by atoms with Crippen molar-refractivity contribution in [2.24, 2.45) is 0 Å². The maximum atomic E-state index is 13.2. The Hall–Kier alpha value is -2.62. The van der Waals surface area contributed by atoms with Gasteiger partial charge in [-0.25, -0.2) is 9.07 Å².